The quantitative estimate of drug-likeness (QED) is 0.613. The number of rotatable bonds is 8. The van der Waals surface area contributed by atoms with Crippen LogP contribution in [0.5, 0.6) is 0 Å². The number of anilines is 1. The Hall–Kier alpha value is -2.69. The zero-order valence-electron chi connectivity index (χ0n) is 15.3. The molecule has 1 atom stereocenters. The van der Waals surface area contributed by atoms with E-state index in [9.17, 15) is 13.8 Å². The van der Waals surface area contributed by atoms with Gasteiger partial charge in [0.1, 0.15) is 0 Å². The lowest BCUT2D eigenvalue weighted by atomic mass is 10.1. The average molecular weight is 419 g/mol. The molecule has 1 amide bonds. The van der Waals surface area contributed by atoms with E-state index >= 15 is 0 Å². The molecule has 6 nitrogen and oxygen atoms in total. The lowest BCUT2D eigenvalue weighted by Crippen LogP contribution is -2.35. The number of carbonyl (C=O) groups excluding carboxylic acids is 2. The Labute approximate surface area is 171 Å². The first-order valence-electron chi connectivity index (χ1n) is 8.39. The molecular formula is C20H19ClN2O4S. The monoisotopic (exact) mass is 418 g/mol. The molecule has 0 heterocycles. The van der Waals surface area contributed by atoms with Gasteiger partial charge in [0, 0.05) is 40.1 Å². The number of carbonyl (C=O) groups is 2. The average Bonchev–Trinajstić information content (AvgIpc) is 2.66. The zero-order valence-corrected chi connectivity index (χ0v) is 16.8. The smallest absolute Gasteiger partial charge is 0.338 e. The third-order valence-corrected chi connectivity index (χ3v) is 4.70. The molecular weight excluding hydrogens is 400 g/mol. The largest absolute Gasteiger partial charge is 0.452 e. The van der Waals surface area contributed by atoms with Gasteiger partial charge in [0.2, 0.25) is 0 Å². The molecule has 28 heavy (non-hydrogen) atoms. The molecule has 0 bridgehead atoms. The van der Waals surface area contributed by atoms with Gasteiger partial charge in [-0.3, -0.25) is 9.00 Å². The standard InChI is InChI=1S/C20H19ClN2O4S/c1-28(26)14-15-5-2-6-16(11-15)20(25)27-13-19(24)23(10-4-9-22)18-8-3-7-17(21)12-18/h2-3,5-8,11-12H,4,10,13-14H2,1H3. The van der Waals surface area contributed by atoms with Gasteiger partial charge in [-0.15, -0.1) is 0 Å². The van der Waals surface area contributed by atoms with E-state index in [1.54, 1.807) is 54.8 Å². The van der Waals surface area contributed by atoms with Gasteiger partial charge in [-0.2, -0.15) is 5.26 Å². The Morgan fingerprint density at radius 2 is 1.96 bits per heavy atom. The minimum Gasteiger partial charge on any atom is -0.452 e. The second kappa shape index (κ2) is 10.6. The van der Waals surface area contributed by atoms with Crippen LogP contribution in [0.1, 0.15) is 22.3 Å². The van der Waals surface area contributed by atoms with Crippen LogP contribution in [0.2, 0.25) is 5.02 Å². The van der Waals surface area contributed by atoms with Crippen LogP contribution in [0.25, 0.3) is 0 Å². The summed E-state index contributed by atoms with van der Waals surface area (Å²) in [5.74, 6) is -0.781. The Morgan fingerprint density at radius 3 is 2.64 bits per heavy atom. The normalized spacial score (nSPS) is 11.3. The summed E-state index contributed by atoms with van der Waals surface area (Å²) in [6.45, 7) is -0.314. The summed E-state index contributed by atoms with van der Waals surface area (Å²) in [4.78, 5) is 26.2. The first-order chi connectivity index (χ1) is 13.4. The molecule has 2 aromatic rings. The number of halogens is 1. The van der Waals surface area contributed by atoms with Crippen LogP contribution in [-0.4, -0.2) is 35.5 Å². The zero-order chi connectivity index (χ0) is 20.5. The number of ether oxygens (including phenoxy) is 1. The van der Waals surface area contributed by atoms with Crippen LogP contribution >= 0.6 is 11.6 Å². The van der Waals surface area contributed by atoms with Crippen molar-refractivity contribution in [3.8, 4) is 6.07 Å². The highest BCUT2D eigenvalue weighted by Crippen LogP contribution is 2.20. The molecule has 0 aliphatic carbocycles. The van der Waals surface area contributed by atoms with Gasteiger partial charge >= 0.3 is 5.97 Å². The van der Waals surface area contributed by atoms with Crippen molar-refractivity contribution in [2.24, 2.45) is 0 Å². The van der Waals surface area contributed by atoms with Crippen LogP contribution < -0.4 is 4.90 Å². The van der Waals surface area contributed by atoms with Gasteiger partial charge in [-0.1, -0.05) is 29.8 Å². The van der Waals surface area contributed by atoms with Crippen LogP contribution in [0, 0.1) is 11.3 Å². The van der Waals surface area contributed by atoms with Crippen LogP contribution in [-0.2, 0) is 26.1 Å². The molecule has 146 valence electrons. The highest BCUT2D eigenvalue weighted by atomic mass is 35.5. The molecule has 0 N–H and O–H groups in total. The molecule has 0 fully saturated rings. The van der Waals surface area contributed by atoms with E-state index in [-0.39, 0.29) is 18.5 Å². The molecule has 0 aromatic heterocycles. The molecule has 0 radical (unpaired) electrons. The summed E-state index contributed by atoms with van der Waals surface area (Å²) in [5.41, 5.74) is 1.55. The number of nitrogens with zero attached hydrogens (tertiary/aromatic N) is 2. The lowest BCUT2D eigenvalue weighted by Gasteiger charge is -2.21. The van der Waals surface area contributed by atoms with E-state index in [2.05, 4.69) is 0 Å². The van der Waals surface area contributed by atoms with Crippen LogP contribution in [0.3, 0.4) is 0 Å². The van der Waals surface area contributed by atoms with Crippen molar-refractivity contribution in [2.75, 3.05) is 24.3 Å². The molecule has 2 rings (SSSR count). The maximum absolute atomic E-state index is 12.6. The van der Waals surface area contributed by atoms with Crippen molar-refractivity contribution in [1.29, 1.82) is 5.26 Å². The molecule has 0 saturated heterocycles. The number of amides is 1. The van der Waals surface area contributed by atoms with Gasteiger partial charge in [-0.05, 0) is 35.9 Å². The molecule has 2 aromatic carbocycles. The highest BCUT2D eigenvalue weighted by molar-refractivity contribution is 7.83. The Balaban J connectivity index is 2.06. The Kier molecular flexibility index (Phi) is 8.18. The second-order valence-electron chi connectivity index (χ2n) is 5.93. The maximum Gasteiger partial charge on any atom is 0.338 e. The van der Waals surface area contributed by atoms with E-state index in [0.29, 0.717) is 16.5 Å². The number of benzene rings is 2. The molecule has 0 saturated carbocycles. The third-order valence-electron chi connectivity index (χ3n) is 3.73. The molecule has 8 heteroatoms. The fraction of sp³-hybridized carbons (Fsp3) is 0.250. The summed E-state index contributed by atoms with van der Waals surface area (Å²) < 4.78 is 16.5. The SMILES string of the molecule is CS(=O)Cc1cccc(C(=O)OCC(=O)N(CCC#N)c2cccc(Cl)c2)c1. The Morgan fingerprint density at radius 1 is 1.21 bits per heavy atom. The van der Waals surface area contributed by atoms with Gasteiger partial charge in [0.25, 0.3) is 5.91 Å². The lowest BCUT2D eigenvalue weighted by molar-refractivity contribution is -0.121. The fourth-order valence-electron chi connectivity index (χ4n) is 2.51. The highest BCUT2D eigenvalue weighted by Gasteiger charge is 2.18. The van der Waals surface area contributed by atoms with Gasteiger partial charge < -0.3 is 9.64 Å². The van der Waals surface area contributed by atoms with Gasteiger partial charge in [-0.25, -0.2) is 4.79 Å². The molecule has 1 unspecified atom stereocenters. The minimum atomic E-state index is -1.03. The van der Waals surface area contributed by atoms with E-state index < -0.39 is 29.3 Å². The number of hydrogen-bond acceptors (Lipinski definition) is 5. The predicted molar refractivity (Wildman–Crippen MR) is 109 cm³/mol. The predicted octanol–water partition coefficient (Wildman–Crippen LogP) is 3.32. The van der Waals surface area contributed by atoms with E-state index in [0.717, 1.165) is 5.56 Å². The first-order valence-corrected chi connectivity index (χ1v) is 10.5. The van der Waals surface area contributed by atoms with Crippen molar-refractivity contribution < 1.29 is 18.5 Å². The Bertz CT molecular complexity index is 926. The molecule has 0 aliphatic rings. The summed E-state index contributed by atoms with van der Waals surface area (Å²) in [6, 6.07) is 15.3. The van der Waals surface area contributed by atoms with E-state index in [1.165, 1.54) is 4.90 Å². The van der Waals surface area contributed by atoms with Crippen LogP contribution in [0.15, 0.2) is 48.5 Å². The van der Waals surface area contributed by atoms with Crippen molar-refractivity contribution >= 4 is 40.0 Å². The van der Waals surface area contributed by atoms with E-state index in [4.69, 9.17) is 21.6 Å². The fourth-order valence-corrected chi connectivity index (χ4v) is 3.35. The van der Waals surface area contributed by atoms with Crippen molar-refractivity contribution in [2.45, 2.75) is 12.2 Å². The summed E-state index contributed by atoms with van der Waals surface area (Å²) in [5, 5.41) is 9.29. The molecule has 0 spiro atoms. The summed E-state index contributed by atoms with van der Waals surface area (Å²) in [7, 11) is -1.03. The number of nitriles is 1. The number of hydrogen-bond donors (Lipinski definition) is 0. The first kappa shape index (κ1) is 21.6. The molecule has 0 aliphatic heterocycles. The van der Waals surface area contributed by atoms with Crippen molar-refractivity contribution in [3.05, 3.63) is 64.7 Å². The third kappa shape index (κ3) is 6.48. The van der Waals surface area contributed by atoms with Gasteiger partial charge in [0.15, 0.2) is 6.61 Å². The topological polar surface area (TPSA) is 87.5 Å². The summed E-state index contributed by atoms with van der Waals surface area (Å²) >= 11 is 5.98. The van der Waals surface area contributed by atoms with Gasteiger partial charge in [0.05, 0.1) is 18.1 Å². The van der Waals surface area contributed by atoms with Crippen LogP contribution in [0.4, 0.5) is 5.69 Å². The second-order valence-corrected chi connectivity index (χ2v) is 7.80. The maximum atomic E-state index is 12.6. The van der Waals surface area contributed by atoms with Crippen molar-refractivity contribution in [1.82, 2.24) is 0 Å². The number of esters is 1. The van der Waals surface area contributed by atoms with E-state index in [1.807, 2.05) is 6.07 Å². The van der Waals surface area contributed by atoms with Crippen molar-refractivity contribution in [3.63, 3.8) is 0 Å². The minimum absolute atomic E-state index is 0.127. The summed E-state index contributed by atoms with van der Waals surface area (Å²) in [6.07, 6.45) is 1.71.